The number of nitrogens with zero attached hydrogens (tertiary/aromatic N) is 5. The Morgan fingerprint density at radius 1 is 1.06 bits per heavy atom. The molecule has 4 rings (SSSR count). The molecule has 2 heterocycles. The fourth-order valence-corrected chi connectivity index (χ4v) is 4.34. The van der Waals surface area contributed by atoms with Crippen molar-refractivity contribution in [1.82, 2.24) is 24.6 Å². The second-order valence-corrected chi connectivity index (χ2v) is 8.67. The number of aromatic nitrogens is 4. The molecule has 0 aliphatic carbocycles. The summed E-state index contributed by atoms with van der Waals surface area (Å²) in [5.41, 5.74) is 3.65. The zero-order chi connectivity index (χ0) is 24.8. The Bertz CT molecular complexity index is 1280. The molecular formula is C25H23F2N5O2S. The average molecular weight is 496 g/mol. The first-order valence-corrected chi connectivity index (χ1v) is 11.7. The minimum Gasteiger partial charge on any atom is -0.435 e. The van der Waals surface area contributed by atoms with E-state index in [0.717, 1.165) is 22.4 Å². The predicted octanol–water partition coefficient (Wildman–Crippen LogP) is 4.99. The first-order chi connectivity index (χ1) is 16.9. The standard InChI is InChI=1S/C25H23F2N5O2S/c1-17-5-3-4-6-21(17)32-23(19-11-13-28-14-12-19)29-30-25(32)35-16-22(33)31(2)15-18-7-9-20(10-8-18)34-24(26)27/h3-14,24H,15-16H2,1-2H3. The second kappa shape index (κ2) is 11.1. The highest BCUT2D eigenvalue weighted by Gasteiger charge is 2.19. The van der Waals surface area contributed by atoms with Crippen molar-refractivity contribution in [2.75, 3.05) is 12.8 Å². The summed E-state index contributed by atoms with van der Waals surface area (Å²) in [6.07, 6.45) is 3.40. The van der Waals surface area contributed by atoms with Crippen LogP contribution in [0.15, 0.2) is 78.2 Å². The molecule has 180 valence electrons. The van der Waals surface area contributed by atoms with Crippen LogP contribution < -0.4 is 4.74 Å². The van der Waals surface area contributed by atoms with E-state index in [0.29, 0.717) is 17.5 Å². The van der Waals surface area contributed by atoms with Crippen molar-refractivity contribution in [3.8, 4) is 22.8 Å². The predicted molar refractivity (Wildman–Crippen MR) is 130 cm³/mol. The van der Waals surface area contributed by atoms with Gasteiger partial charge in [-0.15, -0.1) is 10.2 Å². The smallest absolute Gasteiger partial charge is 0.387 e. The van der Waals surface area contributed by atoms with Gasteiger partial charge in [0.15, 0.2) is 11.0 Å². The molecule has 7 nitrogen and oxygen atoms in total. The van der Waals surface area contributed by atoms with Gasteiger partial charge >= 0.3 is 6.61 Å². The Kier molecular flexibility index (Phi) is 7.71. The molecule has 0 saturated carbocycles. The van der Waals surface area contributed by atoms with Gasteiger partial charge < -0.3 is 9.64 Å². The molecular weight excluding hydrogens is 472 g/mol. The van der Waals surface area contributed by atoms with Gasteiger partial charge in [-0.3, -0.25) is 14.3 Å². The minimum atomic E-state index is -2.87. The van der Waals surface area contributed by atoms with Gasteiger partial charge in [0, 0.05) is 31.5 Å². The number of carbonyl (C=O) groups is 1. The number of pyridine rings is 1. The number of amides is 1. The molecule has 0 saturated heterocycles. The normalized spacial score (nSPS) is 11.0. The van der Waals surface area contributed by atoms with Gasteiger partial charge in [-0.05, 0) is 48.4 Å². The average Bonchev–Trinajstić information content (AvgIpc) is 3.28. The number of thioether (sulfide) groups is 1. The largest absolute Gasteiger partial charge is 0.435 e. The molecule has 2 aromatic carbocycles. The maximum Gasteiger partial charge on any atom is 0.387 e. The fourth-order valence-electron chi connectivity index (χ4n) is 3.46. The number of benzene rings is 2. The van der Waals surface area contributed by atoms with Crippen LogP contribution in [-0.2, 0) is 11.3 Å². The van der Waals surface area contributed by atoms with E-state index in [1.807, 2.05) is 47.9 Å². The minimum absolute atomic E-state index is 0.0776. The molecule has 4 aromatic rings. The lowest BCUT2D eigenvalue weighted by atomic mass is 10.2. The lowest BCUT2D eigenvalue weighted by molar-refractivity contribution is -0.127. The maximum absolute atomic E-state index is 12.8. The summed E-state index contributed by atoms with van der Waals surface area (Å²) in [6, 6.07) is 17.9. The van der Waals surface area contributed by atoms with E-state index in [9.17, 15) is 13.6 Å². The van der Waals surface area contributed by atoms with Gasteiger partial charge in [-0.2, -0.15) is 8.78 Å². The summed E-state index contributed by atoms with van der Waals surface area (Å²) >= 11 is 1.30. The number of ether oxygens (including phenoxy) is 1. The summed E-state index contributed by atoms with van der Waals surface area (Å²) in [4.78, 5) is 18.5. The summed E-state index contributed by atoms with van der Waals surface area (Å²) in [7, 11) is 1.70. The van der Waals surface area contributed by atoms with Crippen LogP contribution in [0.3, 0.4) is 0 Å². The quantitative estimate of drug-likeness (QED) is 0.305. The van der Waals surface area contributed by atoms with Crippen LogP contribution in [0, 0.1) is 6.92 Å². The second-order valence-electron chi connectivity index (χ2n) is 7.72. The van der Waals surface area contributed by atoms with Crippen molar-refractivity contribution in [2.45, 2.75) is 25.2 Å². The van der Waals surface area contributed by atoms with Crippen molar-refractivity contribution in [1.29, 1.82) is 0 Å². The van der Waals surface area contributed by atoms with E-state index in [2.05, 4.69) is 19.9 Å². The van der Waals surface area contributed by atoms with Crippen LogP contribution in [0.25, 0.3) is 17.1 Å². The Morgan fingerprint density at radius 3 is 2.46 bits per heavy atom. The van der Waals surface area contributed by atoms with E-state index in [4.69, 9.17) is 0 Å². The summed E-state index contributed by atoms with van der Waals surface area (Å²) in [6.45, 7) is -0.527. The van der Waals surface area contributed by atoms with E-state index >= 15 is 0 Å². The first-order valence-electron chi connectivity index (χ1n) is 10.7. The lowest BCUT2D eigenvalue weighted by Crippen LogP contribution is -2.27. The van der Waals surface area contributed by atoms with Gasteiger partial charge in [0.1, 0.15) is 5.75 Å². The van der Waals surface area contributed by atoms with Crippen molar-refractivity contribution in [3.05, 3.63) is 84.2 Å². The van der Waals surface area contributed by atoms with Gasteiger partial charge in [-0.1, -0.05) is 42.1 Å². The Morgan fingerprint density at radius 2 is 1.77 bits per heavy atom. The third-order valence-corrected chi connectivity index (χ3v) is 6.16. The maximum atomic E-state index is 12.8. The summed E-state index contributed by atoms with van der Waals surface area (Å²) in [5.74, 6) is 0.793. The van der Waals surface area contributed by atoms with Gasteiger partial charge in [-0.25, -0.2) is 0 Å². The first kappa shape index (κ1) is 24.3. The van der Waals surface area contributed by atoms with Crippen LogP contribution in [-0.4, -0.2) is 50.0 Å². The van der Waals surface area contributed by atoms with Gasteiger partial charge in [0.2, 0.25) is 5.91 Å². The van der Waals surface area contributed by atoms with Crippen LogP contribution in [0.2, 0.25) is 0 Å². The Balaban J connectivity index is 1.49. The number of aryl methyl sites for hydroxylation is 1. The zero-order valence-electron chi connectivity index (χ0n) is 19.1. The molecule has 0 bridgehead atoms. The highest BCUT2D eigenvalue weighted by molar-refractivity contribution is 7.99. The number of carbonyl (C=O) groups excluding carboxylic acids is 1. The molecule has 1 amide bonds. The third kappa shape index (κ3) is 6.02. The molecule has 0 atom stereocenters. The van der Waals surface area contributed by atoms with Gasteiger partial charge in [0.05, 0.1) is 11.4 Å². The number of rotatable bonds is 9. The molecule has 0 N–H and O–H groups in total. The van der Waals surface area contributed by atoms with Crippen molar-refractivity contribution >= 4 is 17.7 Å². The van der Waals surface area contributed by atoms with E-state index in [1.165, 1.54) is 23.9 Å². The number of hydrogen-bond acceptors (Lipinski definition) is 6. The summed E-state index contributed by atoms with van der Waals surface area (Å²) in [5, 5.41) is 9.36. The molecule has 0 fully saturated rings. The van der Waals surface area contributed by atoms with Crippen LogP contribution in [0.5, 0.6) is 5.75 Å². The molecule has 0 aliphatic rings. The number of para-hydroxylation sites is 1. The van der Waals surface area contributed by atoms with Crippen molar-refractivity contribution < 1.29 is 18.3 Å². The number of alkyl halides is 2. The van der Waals surface area contributed by atoms with Crippen molar-refractivity contribution in [2.24, 2.45) is 0 Å². The zero-order valence-corrected chi connectivity index (χ0v) is 20.0. The highest BCUT2D eigenvalue weighted by Crippen LogP contribution is 2.29. The lowest BCUT2D eigenvalue weighted by Gasteiger charge is -2.18. The topological polar surface area (TPSA) is 73.1 Å². The molecule has 0 unspecified atom stereocenters. The Hall–Kier alpha value is -3.79. The number of hydrogen-bond donors (Lipinski definition) is 0. The Labute approximate surface area is 205 Å². The molecule has 0 radical (unpaired) electrons. The third-order valence-electron chi connectivity index (χ3n) is 5.25. The molecule has 0 aliphatic heterocycles. The van der Waals surface area contributed by atoms with Gasteiger partial charge in [0.25, 0.3) is 0 Å². The molecule has 10 heteroatoms. The summed E-state index contributed by atoms with van der Waals surface area (Å²) < 4.78 is 31.0. The van der Waals surface area contributed by atoms with E-state index in [-0.39, 0.29) is 17.4 Å². The van der Waals surface area contributed by atoms with E-state index in [1.54, 1.807) is 36.5 Å². The van der Waals surface area contributed by atoms with E-state index < -0.39 is 6.61 Å². The fraction of sp³-hybridized carbons (Fsp3) is 0.200. The van der Waals surface area contributed by atoms with Crippen molar-refractivity contribution in [3.63, 3.8) is 0 Å². The van der Waals surface area contributed by atoms with Crippen LogP contribution >= 0.6 is 11.8 Å². The molecule has 0 spiro atoms. The number of halogens is 2. The highest BCUT2D eigenvalue weighted by atomic mass is 32.2. The molecule has 2 aromatic heterocycles. The SMILES string of the molecule is Cc1ccccc1-n1c(SCC(=O)N(C)Cc2ccc(OC(F)F)cc2)nnc1-c1ccncc1. The monoisotopic (exact) mass is 495 g/mol. The molecule has 35 heavy (non-hydrogen) atoms. The van der Waals surface area contributed by atoms with Crippen LogP contribution in [0.1, 0.15) is 11.1 Å². The van der Waals surface area contributed by atoms with Crippen LogP contribution in [0.4, 0.5) is 8.78 Å².